The van der Waals surface area contributed by atoms with Crippen molar-refractivity contribution < 1.29 is 0 Å². The smallest absolute Gasteiger partial charge is 0.0330 e. The van der Waals surface area contributed by atoms with E-state index in [4.69, 9.17) is 0 Å². The molecule has 110 valence electrons. The first-order chi connectivity index (χ1) is 9.12. The average Bonchev–Trinajstić information content (AvgIpc) is 2.40. The largest absolute Gasteiger partial charge is 0.315 e. The molecule has 0 saturated heterocycles. The van der Waals surface area contributed by atoms with Crippen molar-refractivity contribution in [3.8, 4) is 0 Å². The summed E-state index contributed by atoms with van der Waals surface area (Å²) in [5, 5.41) is 3.79. The van der Waals surface area contributed by atoms with Gasteiger partial charge in [-0.3, -0.25) is 0 Å². The lowest BCUT2D eigenvalue weighted by atomic mass is 9.75. The lowest BCUT2D eigenvalue weighted by molar-refractivity contribution is 0.0742. The van der Waals surface area contributed by atoms with Crippen molar-refractivity contribution in [1.29, 1.82) is 0 Å². The topological polar surface area (TPSA) is 15.3 Å². The van der Waals surface area contributed by atoms with Gasteiger partial charge in [-0.05, 0) is 64.6 Å². The zero-order chi connectivity index (χ0) is 13.7. The van der Waals surface area contributed by atoms with Gasteiger partial charge in [0, 0.05) is 12.1 Å². The van der Waals surface area contributed by atoms with Crippen molar-refractivity contribution in [1.82, 2.24) is 10.2 Å². The number of likely N-dealkylation sites (N-methyl/N-ethyl adjacent to an activating group) is 1. The minimum absolute atomic E-state index is 0.405. The van der Waals surface area contributed by atoms with Gasteiger partial charge in [-0.15, -0.1) is 0 Å². The molecule has 2 aliphatic carbocycles. The first kappa shape index (κ1) is 15.1. The summed E-state index contributed by atoms with van der Waals surface area (Å²) < 4.78 is 0. The molecule has 3 atom stereocenters. The quantitative estimate of drug-likeness (QED) is 0.765. The van der Waals surface area contributed by atoms with Crippen molar-refractivity contribution in [3.05, 3.63) is 12.2 Å². The van der Waals surface area contributed by atoms with Crippen LogP contribution in [0.2, 0.25) is 0 Å². The fourth-order valence-electron chi connectivity index (χ4n) is 3.91. The van der Waals surface area contributed by atoms with Crippen LogP contribution in [-0.4, -0.2) is 37.6 Å². The van der Waals surface area contributed by atoms with Crippen molar-refractivity contribution in [2.45, 2.75) is 57.4 Å². The van der Waals surface area contributed by atoms with Gasteiger partial charge in [0.05, 0.1) is 0 Å². The highest BCUT2D eigenvalue weighted by Gasteiger charge is 2.36. The van der Waals surface area contributed by atoms with Crippen molar-refractivity contribution in [2.75, 3.05) is 27.2 Å². The molecule has 2 heteroatoms. The highest BCUT2D eigenvalue weighted by Crippen LogP contribution is 2.35. The van der Waals surface area contributed by atoms with Gasteiger partial charge < -0.3 is 10.2 Å². The van der Waals surface area contributed by atoms with Crippen LogP contribution in [0, 0.1) is 11.8 Å². The van der Waals surface area contributed by atoms with E-state index in [0.717, 1.165) is 11.8 Å². The Balaban J connectivity index is 1.81. The monoisotopic (exact) mass is 264 g/mol. The Hall–Kier alpha value is -0.340. The molecule has 2 nitrogen and oxygen atoms in total. The maximum atomic E-state index is 3.79. The fraction of sp³-hybridized carbons (Fsp3) is 0.882. The average molecular weight is 264 g/mol. The molecule has 0 radical (unpaired) electrons. The molecule has 0 amide bonds. The van der Waals surface area contributed by atoms with Gasteiger partial charge in [0.1, 0.15) is 0 Å². The van der Waals surface area contributed by atoms with Crippen LogP contribution in [0.3, 0.4) is 0 Å². The summed E-state index contributed by atoms with van der Waals surface area (Å²) in [7, 11) is 4.53. The van der Waals surface area contributed by atoms with Gasteiger partial charge in [0.15, 0.2) is 0 Å². The molecule has 3 unspecified atom stereocenters. The summed E-state index contributed by atoms with van der Waals surface area (Å²) in [6, 6.07) is 0. The van der Waals surface area contributed by atoms with E-state index >= 15 is 0 Å². The number of hydrogen-bond donors (Lipinski definition) is 1. The Morgan fingerprint density at radius 3 is 2.74 bits per heavy atom. The zero-order valence-corrected chi connectivity index (χ0v) is 13.1. The third-order valence-corrected chi connectivity index (χ3v) is 5.28. The van der Waals surface area contributed by atoms with Gasteiger partial charge in [0.25, 0.3) is 0 Å². The van der Waals surface area contributed by atoms with Crippen LogP contribution >= 0.6 is 0 Å². The lowest BCUT2D eigenvalue weighted by Crippen LogP contribution is -2.54. The summed E-state index contributed by atoms with van der Waals surface area (Å²) in [5.41, 5.74) is 0.405. The molecule has 0 aromatic rings. The van der Waals surface area contributed by atoms with Crippen LogP contribution in [0.1, 0.15) is 51.9 Å². The van der Waals surface area contributed by atoms with Gasteiger partial charge in [-0.1, -0.05) is 31.9 Å². The van der Waals surface area contributed by atoms with Crippen LogP contribution in [-0.2, 0) is 0 Å². The predicted octanol–water partition coefficient (Wildman–Crippen LogP) is 3.44. The SMILES string of the molecule is CC1CCCC(CNCC2CC=CCC2)(N(C)C)C1. The Bertz CT molecular complexity index is 298. The van der Waals surface area contributed by atoms with Gasteiger partial charge >= 0.3 is 0 Å². The van der Waals surface area contributed by atoms with E-state index in [1.807, 2.05) is 0 Å². The first-order valence-electron chi connectivity index (χ1n) is 8.15. The molecule has 1 fully saturated rings. The van der Waals surface area contributed by atoms with Crippen LogP contribution in [0.5, 0.6) is 0 Å². The van der Waals surface area contributed by atoms with Gasteiger partial charge in [-0.25, -0.2) is 0 Å². The van der Waals surface area contributed by atoms with E-state index in [1.54, 1.807) is 0 Å². The van der Waals surface area contributed by atoms with E-state index in [-0.39, 0.29) is 0 Å². The second kappa shape index (κ2) is 6.90. The van der Waals surface area contributed by atoms with Crippen LogP contribution in [0.15, 0.2) is 12.2 Å². The molecular formula is C17H32N2. The third kappa shape index (κ3) is 4.06. The van der Waals surface area contributed by atoms with Crippen molar-refractivity contribution in [3.63, 3.8) is 0 Å². The molecule has 2 rings (SSSR count). The van der Waals surface area contributed by atoms with E-state index in [2.05, 4.69) is 43.4 Å². The Labute approximate surface area is 119 Å². The summed E-state index contributed by atoms with van der Waals surface area (Å²) in [5.74, 6) is 1.75. The second-order valence-corrected chi connectivity index (χ2v) is 7.10. The molecule has 0 aromatic carbocycles. The summed E-state index contributed by atoms with van der Waals surface area (Å²) in [6.45, 7) is 4.79. The van der Waals surface area contributed by atoms with E-state index in [9.17, 15) is 0 Å². The molecule has 0 heterocycles. The van der Waals surface area contributed by atoms with Crippen LogP contribution in [0.4, 0.5) is 0 Å². The van der Waals surface area contributed by atoms with Gasteiger partial charge in [0.2, 0.25) is 0 Å². The molecule has 0 aromatic heterocycles. The molecule has 0 spiro atoms. The zero-order valence-electron chi connectivity index (χ0n) is 13.1. The molecule has 2 aliphatic rings. The highest BCUT2D eigenvalue weighted by molar-refractivity contribution is 4.95. The number of rotatable bonds is 5. The molecule has 1 saturated carbocycles. The lowest BCUT2D eigenvalue weighted by Gasteiger charge is -2.45. The standard InChI is InChI=1S/C17H32N2/c1-15-8-7-11-17(12-15,19(2)3)14-18-13-16-9-5-4-6-10-16/h4-5,15-16,18H,6-14H2,1-3H3. The number of nitrogens with zero attached hydrogens (tertiary/aromatic N) is 1. The van der Waals surface area contributed by atoms with Crippen molar-refractivity contribution in [2.24, 2.45) is 11.8 Å². The molecule has 19 heavy (non-hydrogen) atoms. The fourth-order valence-corrected chi connectivity index (χ4v) is 3.91. The van der Waals surface area contributed by atoms with E-state index in [1.165, 1.54) is 58.0 Å². The van der Waals surface area contributed by atoms with Crippen LogP contribution in [0.25, 0.3) is 0 Å². The predicted molar refractivity (Wildman–Crippen MR) is 83.4 cm³/mol. The summed E-state index contributed by atoms with van der Waals surface area (Å²) in [4.78, 5) is 2.48. The second-order valence-electron chi connectivity index (χ2n) is 7.10. The molecular weight excluding hydrogens is 232 g/mol. The Kier molecular flexibility index (Phi) is 5.47. The molecule has 0 bridgehead atoms. The van der Waals surface area contributed by atoms with Crippen LogP contribution < -0.4 is 5.32 Å². The number of allylic oxidation sites excluding steroid dienone is 2. The number of hydrogen-bond acceptors (Lipinski definition) is 2. The van der Waals surface area contributed by atoms with Gasteiger partial charge in [-0.2, -0.15) is 0 Å². The summed E-state index contributed by atoms with van der Waals surface area (Å²) >= 11 is 0. The Morgan fingerprint density at radius 2 is 2.11 bits per heavy atom. The highest BCUT2D eigenvalue weighted by atomic mass is 15.2. The van der Waals surface area contributed by atoms with E-state index in [0.29, 0.717) is 5.54 Å². The van der Waals surface area contributed by atoms with Crippen molar-refractivity contribution >= 4 is 0 Å². The minimum Gasteiger partial charge on any atom is -0.315 e. The minimum atomic E-state index is 0.405. The maximum Gasteiger partial charge on any atom is 0.0330 e. The first-order valence-corrected chi connectivity index (χ1v) is 8.15. The molecule has 1 N–H and O–H groups in total. The number of nitrogens with one attached hydrogen (secondary N) is 1. The third-order valence-electron chi connectivity index (χ3n) is 5.28. The normalized spacial score (nSPS) is 35.8. The summed E-state index contributed by atoms with van der Waals surface area (Å²) in [6.07, 6.45) is 14.2. The Morgan fingerprint density at radius 1 is 1.26 bits per heavy atom. The maximum absolute atomic E-state index is 3.79. The molecule has 0 aliphatic heterocycles. The van der Waals surface area contributed by atoms with E-state index < -0.39 is 0 Å².